The molecule has 0 amide bonds. The van der Waals surface area contributed by atoms with E-state index in [0.29, 0.717) is 11.3 Å². The van der Waals surface area contributed by atoms with Gasteiger partial charge in [-0.05, 0) is 25.5 Å². The van der Waals surface area contributed by atoms with Crippen LogP contribution in [0, 0.1) is 0 Å². The Morgan fingerprint density at radius 2 is 2.00 bits per heavy atom. The monoisotopic (exact) mass is 284 g/mol. The van der Waals surface area contributed by atoms with Gasteiger partial charge >= 0.3 is 6.18 Å². The second kappa shape index (κ2) is 5.69. The van der Waals surface area contributed by atoms with Gasteiger partial charge in [-0.3, -0.25) is 0 Å². The number of Topliss-reactive ketones (excluding diaryl/α,β-unsaturated/α-hetero) is 1. The van der Waals surface area contributed by atoms with Crippen LogP contribution in [-0.2, 0) is 4.79 Å². The number of para-hydroxylation sites is 1. The summed E-state index contributed by atoms with van der Waals surface area (Å²) in [5.41, 5.74) is 0.567. The summed E-state index contributed by atoms with van der Waals surface area (Å²) in [7, 11) is 0. The molecule has 0 radical (unpaired) electrons. The Balaban J connectivity index is 2.26. The SMILES string of the molecule is CC(=O)CCC(CC(F)(F)F)c1cc2ccccc2o1. The number of hydrogen-bond donors (Lipinski definition) is 0. The molecule has 1 aromatic heterocycles. The molecule has 0 saturated carbocycles. The quantitative estimate of drug-likeness (QED) is 0.786. The van der Waals surface area contributed by atoms with E-state index in [2.05, 4.69) is 0 Å². The molecule has 1 atom stereocenters. The molecule has 1 heterocycles. The molecule has 1 unspecified atom stereocenters. The molecule has 0 spiro atoms. The fourth-order valence-electron chi connectivity index (χ4n) is 2.21. The molecule has 0 fully saturated rings. The summed E-state index contributed by atoms with van der Waals surface area (Å²) in [6, 6.07) is 8.71. The third-order valence-corrected chi connectivity index (χ3v) is 3.17. The van der Waals surface area contributed by atoms with Gasteiger partial charge in [0.05, 0.1) is 6.42 Å². The van der Waals surface area contributed by atoms with Gasteiger partial charge < -0.3 is 9.21 Å². The smallest absolute Gasteiger partial charge is 0.389 e. The Hall–Kier alpha value is -1.78. The van der Waals surface area contributed by atoms with Gasteiger partial charge in [-0.15, -0.1) is 0 Å². The maximum Gasteiger partial charge on any atom is 0.389 e. The summed E-state index contributed by atoms with van der Waals surface area (Å²) in [6.07, 6.45) is -4.98. The fraction of sp³-hybridized carbons (Fsp3) is 0.400. The largest absolute Gasteiger partial charge is 0.461 e. The van der Waals surface area contributed by atoms with Crippen LogP contribution < -0.4 is 0 Å². The zero-order valence-corrected chi connectivity index (χ0v) is 11.0. The number of hydrogen-bond acceptors (Lipinski definition) is 2. The minimum Gasteiger partial charge on any atom is -0.461 e. The van der Waals surface area contributed by atoms with Crippen molar-refractivity contribution in [2.24, 2.45) is 0 Å². The fourth-order valence-corrected chi connectivity index (χ4v) is 2.21. The van der Waals surface area contributed by atoms with Gasteiger partial charge in [-0.2, -0.15) is 13.2 Å². The summed E-state index contributed by atoms with van der Waals surface area (Å²) in [6.45, 7) is 1.38. The molecule has 0 N–H and O–H groups in total. The highest BCUT2D eigenvalue weighted by Gasteiger charge is 2.34. The van der Waals surface area contributed by atoms with E-state index in [-0.39, 0.29) is 18.6 Å². The van der Waals surface area contributed by atoms with E-state index in [0.717, 1.165) is 5.39 Å². The van der Waals surface area contributed by atoms with E-state index >= 15 is 0 Å². The van der Waals surface area contributed by atoms with Crippen molar-refractivity contribution in [1.29, 1.82) is 0 Å². The Morgan fingerprint density at radius 1 is 1.30 bits per heavy atom. The first kappa shape index (κ1) is 14.6. The highest BCUT2D eigenvalue weighted by molar-refractivity contribution is 5.78. The van der Waals surface area contributed by atoms with Gasteiger partial charge in [-0.25, -0.2) is 0 Å². The second-order valence-corrected chi connectivity index (χ2v) is 4.94. The Labute approximate surface area is 114 Å². The Morgan fingerprint density at radius 3 is 2.60 bits per heavy atom. The average molecular weight is 284 g/mol. The van der Waals surface area contributed by atoms with Crippen LogP contribution in [0.2, 0.25) is 0 Å². The number of rotatable bonds is 5. The minimum absolute atomic E-state index is 0.117. The molecule has 2 nitrogen and oxygen atoms in total. The van der Waals surface area contributed by atoms with E-state index in [1.807, 2.05) is 0 Å². The molecule has 0 aliphatic rings. The number of carbonyl (C=O) groups excluding carboxylic acids is 1. The molecule has 2 aromatic rings. The maximum absolute atomic E-state index is 12.6. The molecule has 1 aromatic carbocycles. The van der Waals surface area contributed by atoms with E-state index in [1.54, 1.807) is 30.3 Å². The first-order valence-corrected chi connectivity index (χ1v) is 6.40. The highest BCUT2D eigenvalue weighted by Crippen LogP contribution is 2.36. The summed E-state index contributed by atoms with van der Waals surface area (Å²) >= 11 is 0. The van der Waals surface area contributed by atoms with Gasteiger partial charge in [0, 0.05) is 17.7 Å². The normalized spacial score (nSPS) is 13.6. The number of carbonyl (C=O) groups is 1. The number of furan rings is 1. The molecule has 20 heavy (non-hydrogen) atoms. The second-order valence-electron chi connectivity index (χ2n) is 4.94. The van der Waals surface area contributed by atoms with E-state index in [4.69, 9.17) is 4.42 Å². The van der Waals surface area contributed by atoms with Crippen molar-refractivity contribution in [2.75, 3.05) is 0 Å². The first-order chi connectivity index (χ1) is 9.35. The number of alkyl halides is 3. The van der Waals surface area contributed by atoms with Crippen molar-refractivity contribution >= 4 is 16.8 Å². The summed E-state index contributed by atoms with van der Waals surface area (Å²) in [4.78, 5) is 11.0. The van der Waals surface area contributed by atoms with Crippen molar-refractivity contribution in [1.82, 2.24) is 0 Å². The molecular formula is C15H15F3O2. The van der Waals surface area contributed by atoms with Crippen molar-refractivity contribution in [2.45, 2.75) is 38.3 Å². The minimum atomic E-state index is -4.28. The van der Waals surface area contributed by atoms with Gasteiger partial charge in [0.15, 0.2) is 0 Å². The molecule has 108 valence electrons. The van der Waals surface area contributed by atoms with E-state index in [1.165, 1.54) is 6.92 Å². The van der Waals surface area contributed by atoms with Crippen LogP contribution in [0.25, 0.3) is 11.0 Å². The maximum atomic E-state index is 12.6. The molecule has 5 heteroatoms. The van der Waals surface area contributed by atoms with Gasteiger partial charge in [0.1, 0.15) is 17.1 Å². The van der Waals surface area contributed by atoms with Crippen LogP contribution in [0.4, 0.5) is 13.2 Å². The van der Waals surface area contributed by atoms with Crippen LogP contribution >= 0.6 is 0 Å². The number of ketones is 1. The topological polar surface area (TPSA) is 30.2 Å². The lowest BCUT2D eigenvalue weighted by atomic mass is 9.95. The van der Waals surface area contributed by atoms with Crippen molar-refractivity contribution < 1.29 is 22.4 Å². The lowest BCUT2D eigenvalue weighted by molar-refractivity contribution is -0.140. The summed E-state index contributed by atoms with van der Waals surface area (Å²) in [5, 5.41) is 0.775. The Kier molecular flexibility index (Phi) is 4.16. The van der Waals surface area contributed by atoms with E-state index < -0.39 is 18.5 Å². The molecule has 0 aliphatic carbocycles. The molecular weight excluding hydrogens is 269 g/mol. The van der Waals surface area contributed by atoms with Crippen LogP contribution in [0.15, 0.2) is 34.7 Å². The third-order valence-electron chi connectivity index (χ3n) is 3.17. The predicted molar refractivity (Wildman–Crippen MR) is 69.5 cm³/mol. The van der Waals surface area contributed by atoms with Crippen molar-refractivity contribution in [3.63, 3.8) is 0 Å². The lowest BCUT2D eigenvalue weighted by Gasteiger charge is -2.15. The zero-order valence-electron chi connectivity index (χ0n) is 11.0. The van der Waals surface area contributed by atoms with Crippen LogP contribution in [0.1, 0.15) is 37.9 Å². The standard InChI is InChI=1S/C15H15F3O2/c1-10(19)6-7-12(9-15(16,17)18)14-8-11-4-2-3-5-13(11)20-14/h2-5,8,12H,6-7,9H2,1H3. The van der Waals surface area contributed by atoms with Crippen LogP contribution in [0.5, 0.6) is 0 Å². The molecule has 0 bridgehead atoms. The van der Waals surface area contributed by atoms with Gasteiger partial charge in [0.2, 0.25) is 0 Å². The number of halogens is 3. The number of fused-ring (bicyclic) bond motifs is 1. The van der Waals surface area contributed by atoms with Crippen molar-refractivity contribution in [3.05, 3.63) is 36.1 Å². The van der Waals surface area contributed by atoms with E-state index in [9.17, 15) is 18.0 Å². The van der Waals surface area contributed by atoms with Crippen LogP contribution in [0.3, 0.4) is 0 Å². The lowest BCUT2D eigenvalue weighted by Crippen LogP contribution is -2.14. The Bertz CT molecular complexity index is 565. The average Bonchev–Trinajstić information content (AvgIpc) is 2.76. The first-order valence-electron chi connectivity index (χ1n) is 6.40. The molecule has 0 aliphatic heterocycles. The van der Waals surface area contributed by atoms with Crippen molar-refractivity contribution in [3.8, 4) is 0 Å². The summed E-state index contributed by atoms with van der Waals surface area (Å²) < 4.78 is 43.4. The zero-order chi connectivity index (χ0) is 14.8. The predicted octanol–water partition coefficient (Wildman–Crippen LogP) is 4.84. The highest BCUT2D eigenvalue weighted by atomic mass is 19.4. The number of benzene rings is 1. The molecule has 0 saturated heterocycles. The third kappa shape index (κ3) is 3.85. The summed E-state index contributed by atoms with van der Waals surface area (Å²) in [5.74, 6) is -0.635. The van der Waals surface area contributed by atoms with Crippen LogP contribution in [-0.4, -0.2) is 12.0 Å². The van der Waals surface area contributed by atoms with Gasteiger partial charge in [-0.1, -0.05) is 18.2 Å². The van der Waals surface area contributed by atoms with Gasteiger partial charge in [0.25, 0.3) is 0 Å². The molecule has 2 rings (SSSR count).